The maximum Gasteiger partial charge on any atom is 1.00 e. The smallest absolute Gasteiger partial charge is 0.548 e. The number of nitrogens with zero attached hydrogens (tertiary/aromatic N) is 2. The molecule has 152 valence electrons. The number of rotatable bonds is 7. The molecular weight excluding hydrogens is 383 g/mol. The van der Waals surface area contributed by atoms with Crippen LogP contribution in [0.15, 0.2) is 91.0 Å². The van der Waals surface area contributed by atoms with Gasteiger partial charge in [-0.2, -0.15) is 0 Å². The maximum absolute atomic E-state index is 13.0. The van der Waals surface area contributed by atoms with E-state index < -0.39 is 24.1 Å². The van der Waals surface area contributed by atoms with Crippen molar-refractivity contribution in [3.05, 3.63) is 108 Å². The molecule has 0 saturated carbocycles. The van der Waals surface area contributed by atoms with Crippen molar-refractivity contribution in [3.8, 4) is 0 Å². The van der Waals surface area contributed by atoms with Crippen LogP contribution in [0.4, 0.5) is 0 Å². The minimum atomic E-state index is -1.27. The molecule has 3 aromatic rings. The van der Waals surface area contributed by atoms with Crippen LogP contribution >= 0.6 is 0 Å². The zero-order valence-corrected chi connectivity index (χ0v) is 17.8. The number of carboxylic acids is 1. The van der Waals surface area contributed by atoms with Crippen molar-refractivity contribution in [2.24, 2.45) is 0 Å². The van der Waals surface area contributed by atoms with Crippen molar-refractivity contribution in [1.82, 2.24) is 9.80 Å². The average Bonchev–Trinajstić information content (AvgIpc) is 3.57. The number of carbonyl (C=O) groups excluding carboxylic acids is 2. The summed E-state index contributed by atoms with van der Waals surface area (Å²) in [6.07, 6.45) is 0. The number of carbonyl (C=O) groups is 2. The van der Waals surface area contributed by atoms with Crippen molar-refractivity contribution < 1.29 is 33.6 Å². The summed E-state index contributed by atoms with van der Waals surface area (Å²) in [5.74, 6) is -1.48. The monoisotopic (exact) mass is 406 g/mol. The molecule has 4 rings (SSSR count). The topological polar surface area (TPSA) is 63.5 Å². The molecule has 31 heavy (non-hydrogen) atoms. The van der Waals surface area contributed by atoms with Crippen LogP contribution < -0.4 is 24.0 Å². The fourth-order valence-electron chi connectivity index (χ4n) is 4.28. The van der Waals surface area contributed by atoms with Crippen LogP contribution in [0.2, 0.25) is 0 Å². The summed E-state index contributed by atoms with van der Waals surface area (Å²) in [6, 6.07) is 30.0. The number of benzene rings is 3. The number of amides is 1. The number of hydrogen-bond acceptors (Lipinski definition) is 4. The van der Waals surface area contributed by atoms with E-state index in [1.807, 2.05) is 54.6 Å². The van der Waals surface area contributed by atoms with Crippen LogP contribution in [-0.4, -0.2) is 47.9 Å². The normalized spacial score (nSPS) is 17.3. The van der Waals surface area contributed by atoms with E-state index in [1.54, 1.807) is 0 Å². The minimum absolute atomic E-state index is 0. The Morgan fingerprint density at radius 2 is 1.26 bits per heavy atom. The van der Waals surface area contributed by atoms with Crippen molar-refractivity contribution in [3.63, 3.8) is 0 Å². The third kappa shape index (κ3) is 4.31. The van der Waals surface area contributed by atoms with Gasteiger partial charge in [-0.3, -0.25) is 9.69 Å². The van der Waals surface area contributed by atoms with E-state index in [0.29, 0.717) is 6.54 Å². The summed E-state index contributed by atoms with van der Waals surface area (Å²) in [4.78, 5) is 27.3. The molecule has 1 aliphatic heterocycles. The van der Waals surface area contributed by atoms with E-state index >= 15 is 0 Å². The third-order valence-corrected chi connectivity index (χ3v) is 5.65. The molecular formula is C25H23LiN2O3. The van der Waals surface area contributed by atoms with Crippen LogP contribution in [-0.2, 0) is 15.1 Å². The van der Waals surface area contributed by atoms with Gasteiger partial charge in [-0.25, -0.2) is 0 Å². The van der Waals surface area contributed by atoms with E-state index in [0.717, 1.165) is 16.7 Å². The van der Waals surface area contributed by atoms with Gasteiger partial charge in [0.2, 0.25) is 5.91 Å². The summed E-state index contributed by atoms with van der Waals surface area (Å²) >= 11 is 0. The molecule has 1 amide bonds. The summed E-state index contributed by atoms with van der Waals surface area (Å²) in [5, 5.41) is 11.0. The molecule has 1 aliphatic rings. The van der Waals surface area contributed by atoms with Crippen LogP contribution in [0.1, 0.15) is 16.7 Å². The Morgan fingerprint density at radius 3 is 1.61 bits per heavy atom. The van der Waals surface area contributed by atoms with Gasteiger partial charge >= 0.3 is 18.9 Å². The molecule has 5 nitrogen and oxygen atoms in total. The predicted molar refractivity (Wildman–Crippen MR) is 112 cm³/mol. The summed E-state index contributed by atoms with van der Waals surface area (Å²) in [7, 11) is 1.50. The Bertz CT molecular complexity index is 932. The Balaban J connectivity index is 0.00000272. The Morgan fingerprint density at radius 1 is 0.871 bits per heavy atom. The van der Waals surface area contributed by atoms with Gasteiger partial charge in [0.15, 0.2) is 0 Å². The van der Waals surface area contributed by atoms with E-state index in [4.69, 9.17) is 0 Å². The second-order valence-electron chi connectivity index (χ2n) is 7.54. The molecule has 0 bridgehead atoms. The fraction of sp³-hybridized carbons (Fsp3) is 0.200. The quantitative estimate of drug-likeness (QED) is 0.283. The SMILES string of the molecule is CN(CC(=O)[O-])C(=O)C1CN1C(c1ccccc1)(c1ccccc1)c1ccccc1.[Li+]. The fourth-order valence-corrected chi connectivity index (χ4v) is 4.28. The van der Waals surface area contributed by atoms with E-state index in [-0.39, 0.29) is 24.8 Å². The van der Waals surface area contributed by atoms with Crippen molar-refractivity contribution in [2.45, 2.75) is 11.6 Å². The van der Waals surface area contributed by atoms with Gasteiger partial charge in [0.05, 0.1) is 18.1 Å². The Labute approximate surface area is 194 Å². The molecule has 3 aromatic carbocycles. The van der Waals surface area contributed by atoms with Crippen LogP contribution in [0, 0.1) is 0 Å². The number of likely N-dealkylation sites (N-methyl/N-ethyl adjacent to an activating group) is 1. The molecule has 2 unspecified atom stereocenters. The molecule has 0 aliphatic carbocycles. The van der Waals surface area contributed by atoms with E-state index in [9.17, 15) is 14.7 Å². The second-order valence-corrected chi connectivity index (χ2v) is 7.54. The Kier molecular flexibility index (Phi) is 7.02. The predicted octanol–water partition coefficient (Wildman–Crippen LogP) is -1.12. The zero-order chi connectivity index (χ0) is 21.1. The molecule has 6 heteroatoms. The van der Waals surface area contributed by atoms with E-state index in [2.05, 4.69) is 41.3 Å². The zero-order valence-electron chi connectivity index (χ0n) is 17.8. The summed E-state index contributed by atoms with van der Waals surface area (Å²) in [5.41, 5.74) is 2.51. The van der Waals surface area contributed by atoms with Crippen LogP contribution in [0.3, 0.4) is 0 Å². The first-order valence-electron chi connectivity index (χ1n) is 9.93. The molecule has 0 N–H and O–H groups in total. The standard InChI is InChI=1S/C25H24N2O3.Li/c1-26(18-23(28)29)24(30)22-17-27(22)25(19-11-5-2-6-12-19,20-13-7-3-8-14-20)21-15-9-4-10-16-21;/h2-16,22H,17-18H2,1H3,(H,28,29);/q;+1/p-1. The molecule has 0 aromatic heterocycles. The molecule has 1 saturated heterocycles. The molecule has 2 atom stereocenters. The molecule has 1 fully saturated rings. The largest absolute Gasteiger partial charge is 1.00 e. The Hall–Kier alpha value is -2.84. The molecule has 1 heterocycles. The van der Waals surface area contributed by atoms with E-state index in [1.165, 1.54) is 11.9 Å². The van der Waals surface area contributed by atoms with Crippen LogP contribution in [0.25, 0.3) is 0 Å². The van der Waals surface area contributed by atoms with Crippen molar-refractivity contribution >= 4 is 11.9 Å². The minimum Gasteiger partial charge on any atom is -0.548 e. The number of aliphatic carboxylic acids is 1. The van der Waals surface area contributed by atoms with Gasteiger partial charge in [0.25, 0.3) is 0 Å². The van der Waals surface area contributed by atoms with Gasteiger partial charge in [-0.15, -0.1) is 0 Å². The van der Waals surface area contributed by atoms with Gasteiger partial charge in [0, 0.05) is 13.6 Å². The van der Waals surface area contributed by atoms with Gasteiger partial charge in [-0.1, -0.05) is 91.0 Å². The third-order valence-electron chi connectivity index (χ3n) is 5.65. The van der Waals surface area contributed by atoms with Crippen molar-refractivity contribution in [2.75, 3.05) is 20.1 Å². The van der Waals surface area contributed by atoms with Gasteiger partial charge < -0.3 is 14.8 Å². The number of carboxylic acid groups (broad SMARTS) is 1. The molecule has 0 radical (unpaired) electrons. The van der Waals surface area contributed by atoms with Gasteiger partial charge in [0.1, 0.15) is 6.04 Å². The van der Waals surface area contributed by atoms with Gasteiger partial charge in [-0.05, 0) is 16.7 Å². The first-order chi connectivity index (χ1) is 14.5. The second kappa shape index (κ2) is 9.53. The van der Waals surface area contributed by atoms with Crippen LogP contribution in [0.5, 0.6) is 0 Å². The van der Waals surface area contributed by atoms with Crippen molar-refractivity contribution in [1.29, 1.82) is 0 Å². The number of hydrogen-bond donors (Lipinski definition) is 0. The average molecular weight is 406 g/mol. The summed E-state index contributed by atoms with van der Waals surface area (Å²) < 4.78 is 0. The summed E-state index contributed by atoms with van der Waals surface area (Å²) in [6.45, 7) is 0.118. The molecule has 0 spiro atoms. The maximum atomic E-state index is 13.0. The first-order valence-corrected chi connectivity index (χ1v) is 9.93. The first kappa shape index (κ1) is 22.8.